The maximum absolute atomic E-state index is 8.75. The molecular formula is C14H23N3O2. The summed E-state index contributed by atoms with van der Waals surface area (Å²) < 4.78 is 5.13. The van der Waals surface area contributed by atoms with Crippen molar-refractivity contribution in [1.82, 2.24) is 0 Å². The first-order valence-electron chi connectivity index (χ1n) is 6.24. The Kier molecular flexibility index (Phi) is 5.03. The van der Waals surface area contributed by atoms with Crippen LogP contribution in [-0.2, 0) is 0 Å². The van der Waals surface area contributed by atoms with Gasteiger partial charge in [-0.15, -0.1) is 0 Å². The smallest absolute Gasteiger partial charge is 0.144 e. The van der Waals surface area contributed by atoms with Gasteiger partial charge in [-0.3, -0.25) is 0 Å². The molecule has 0 heterocycles. The minimum atomic E-state index is -0.324. The van der Waals surface area contributed by atoms with Gasteiger partial charge in [0.15, 0.2) is 0 Å². The van der Waals surface area contributed by atoms with Gasteiger partial charge in [-0.2, -0.15) is 0 Å². The Labute approximate surface area is 114 Å². The van der Waals surface area contributed by atoms with Crippen LogP contribution in [0.25, 0.3) is 0 Å². The van der Waals surface area contributed by atoms with Gasteiger partial charge in [0.05, 0.1) is 7.11 Å². The minimum Gasteiger partial charge on any atom is -0.497 e. The van der Waals surface area contributed by atoms with Crippen LogP contribution in [0.15, 0.2) is 29.4 Å². The van der Waals surface area contributed by atoms with E-state index < -0.39 is 0 Å². The van der Waals surface area contributed by atoms with Crippen LogP contribution in [0.5, 0.6) is 5.75 Å². The number of amidine groups is 1. The molecule has 3 N–H and O–H groups in total. The van der Waals surface area contributed by atoms with Crippen LogP contribution in [0.4, 0.5) is 5.69 Å². The first-order valence-corrected chi connectivity index (χ1v) is 6.24. The van der Waals surface area contributed by atoms with Crippen molar-refractivity contribution in [1.29, 1.82) is 0 Å². The van der Waals surface area contributed by atoms with Gasteiger partial charge in [0.1, 0.15) is 11.6 Å². The van der Waals surface area contributed by atoms with E-state index in [1.165, 1.54) is 0 Å². The van der Waals surface area contributed by atoms with Crippen LogP contribution in [0, 0.1) is 5.41 Å². The van der Waals surface area contributed by atoms with Crippen molar-refractivity contribution in [3.63, 3.8) is 0 Å². The fourth-order valence-electron chi connectivity index (χ4n) is 1.68. The Morgan fingerprint density at radius 1 is 1.37 bits per heavy atom. The third-order valence-electron chi connectivity index (χ3n) is 3.39. The Balaban J connectivity index is 2.62. The molecule has 0 bridgehead atoms. The first-order chi connectivity index (χ1) is 8.90. The van der Waals surface area contributed by atoms with Crippen molar-refractivity contribution >= 4 is 11.5 Å². The summed E-state index contributed by atoms with van der Waals surface area (Å²) in [5, 5.41) is 11.8. The average Bonchev–Trinajstić information content (AvgIpc) is 2.43. The van der Waals surface area contributed by atoms with E-state index in [0.717, 1.165) is 24.4 Å². The minimum absolute atomic E-state index is 0.260. The van der Waals surface area contributed by atoms with Crippen LogP contribution in [0.2, 0.25) is 0 Å². The second kappa shape index (κ2) is 6.31. The van der Waals surface area contributed by atoms with Gasteiger partial charge in [-0.05, 0) is 30.7 Å². The van der Waals surface area contributed by atoms with Crippen LogP contribution in [0.3, 0.4) is 0 Å². The highest BCUT2D eigenvalue weighted by Crippen LogP contribution is 2.23. The summed E-state index contributed by atoms with van der Waals surface area (Å²) >= 11 is 0. The number of nitrogens with two attached hydrogens (primary N) is 1. The molecule has 0 spiro atoms. The predicted molar refractivity (Wildman–Crippen MR) is 78.1 cm³/mol. The fraction of sp³-hybridized carbons (Fsp3) is 0.500. The van der Waals surface area contributed by atoms with E-state index >= 15 is 0 Å². The number of benzene rings is 1. The summed E-state index contributed by atoms with van der Waals surface area (Å²) in [5.74, 6) is 1.10. The molecule has 0 aliphatic rings. The molecule has 1 aromatic carbocycles. The molecule has 19 heavy (non-hydrogen) atoms. The number of nitrogens with zero attached hydrogens (tertiary/aromatic N) is 2. The van der Waals surface area contributed by atoms with E-state index in [2.05, 4.69) is 10.1 Å². The third-order valence-corrected chi connectivity index (χ3v) is 3.39. The van der Waals surface area contributed by atoms with Crippen LogP contribution < -0.4 is 15.4 Å². The van der Waals surface area contributed by atoms with Crippen molar-refractivity contribution < 1.29 is 9.94 Å². The lowest BCUT2D eigenvalue weighted by atomic mass is 9.88. The number of hydrogen-bond acceptors (Lipinski definition) is 4. The van der Waals surface area contributed by atoms with Crippen LogP contribution >= 0.6 is 0 Å². The number of oxime groups is 1. The molecular weight excluding hydrogens is 242 g/mol. The van der Waals surface area contributed by atoms with Gasteiger partial charge in [-0.1, -0.05) is 19.0 Å². The molecule has 0 saturated heterocycles. The molecule has 0 amide bonds. The summed E-state index contributed by atoms with van der Waals surface area (Å²) in [7, 11) is 3.67. The lowest BCUT2D eigenvalue weighted by Crippen LogP contribution is -2.35. The van der Waals surface area contributed by atoms with Gasteiger partial charge in [0.2, 0.25) is 0 Å². The standard InChI is InChI=1S/C14H23N3O2/c1-14(2,13(15)16-18)9-10-17(3)11-5-7-12(19-4)8-6-11/h5-8,18H,9-10H2,1-4H3,(H2,15,16). The van der Waals surface area contributed by atoms with E-state index in [1.54, 1.807) is 7.11 Å². The van der Waals surface area contributed by atoms with E-state index in [9.17, 15) is 0 Å². The number of anilines is 1. The molecule has 106 valence electrons. The molecule has 0 atom stereocenters. The summed E-state index contributed by atoms with van der Waals surface area (Å²) in [4.78, 5) is 2.13. The summed E-state index contributed by atoms with van der Waals surface area (Å²) in [6.45, 7) is 4.74. The fourth-order valence-corrected chi connectivity index (χ4v) is 1.68. The average molecular weight is 265 g/mol. The van der Waals surface area contributed by atoms with Gasteiger partial charge < -0.3 is 20.6 Å². The summed E-state index contributed by atoms with van der Waals surface area (Å²) in [5.41, 5.74) is 6.46. The molecule has 0 fully saturated rings. The quantitative estimate of drug-likeness (QED) is 0.358. The largest absolute Gasteiger partial charge is 0.497 e. The summed E-state index contributed by atoms with van der Waals surface area (Å²) in [6, 6.07) is 7.88. The second-order valence-electron chi connectivity index (χ2n) is 5.24. The zero-order valence-corrected chi connectivity index (χ0v) is 12.1. The lowest BCUT2D eigenvalue weighted by molar-refractivity contribution is 0.306. The molecule has 0 saturated carbocycles. The molecule has 0 aromatic heterocycles. The first kappa shape index (κ1) is 15.1. The maximum atomic E-state index is 8.75. The van der Waals surface area contributed by atoms with Crippen molar-refractivity contribution in [2.45, 2.75) is 20.3 Å². The van der Waals surface area contributed by atoms with E-state index in [0.29, 0.717) is 0 Å². The molecule has 5 nitrogen and oxygen atoms in total. The Bertz CT molecular complexity index is 427. The monoisotopic (exact) mass is 265 g/mol. The van der Waals surface area contributed by atoms with Crippen molar-refractivity contribution in [3.05, 3.63) is 24.3 Å². The maximum Gasteiger partial charge on any atom is 0.144 e. The molecule has 0 aliphatic heterocycles. The van der Waals surface area contributed by atoms with E-state index in [-0.39, 0.29) is 11.3 Å². The SMILES string of the molecule is COc1ccc(N(C)CCC(C)(C)C(N)=NO)cc1. The highest BCUT2D eigenvalue weighted by molar-refractivity contribution is 5.85. The number of rotatable bonds is 6. The van der Waals surface area contributed by atoms with Crippen molar-refractivity contribution in [2.24, 2.45) is 16.3 Å². The predicted octanol–water partition coefficient (Wildman–Crippen LogP) is 2.29. The molecule has 0 radical (unpaired) electrons. The van der Waals surface area contributed by atoms with E-state index in [4.69, 9.17) is 15.7 Å². The number of methoxy groups -OCH3 is 1. The van der Waals surface area contributed by atoms with Crippen molar-refractivity contribution in [3.8, 4) is 5.75 Å². The zero-order valence-electron chi connectivity index (χ0n) is 12.1. The van der Waals surface area contributed by atoms with Crippen molar-refractivity contribution in [2.75, 3.05) is 25.6 Å². The van der Waals surface area contributed by atoms with E-state index in [1.807, 2.05) is 45.2 Å². The molecule has 5 heteroatoms. The Morgan fingerprint density at radius 2 is 1.95 bits per heavy atom. The summed E-state index contributed by atoms with van der Waals surface area (Å²) in [6.07, 6.45) is 0.797. The number of ether oxygens (including phenoxy) is 1. The Hall–Kier alpha value is -1.91. The van der Waals surface area contributed by atoms with Crippen LogP contribution in [-0.4, -0.2) is 31.7 Å². The highest BCUT2D eigenvalue weighted by Gasteiger charge is 2.23. The number of hydrogen-bond donors (Lipinski definition) is 2. The van der Waals surface area contributed by atoms with Gasteiger partial charge in [0, 0.05) is 24.7 Å². The topological polar surface area (TPSA) is 71.1 Å². The van der Waals surface area contributed by atoms with Crippen LogP contribution in [0.1, 0.15) is 20.3 Å². The highest BCUT2D eigenvalue weighted by atomic mass is 16.5. The molecule has 0 unspecified atom stereocenters. The molecule has 0 aliphatic carbocycles. The molecule has 1 aromatic rings. The molecule has 1 rings (SSSR count). The second-order valence-corrected chi connectivity index (χ2v) is 5.24. The Morgan fingerprint density at radius 3 is 2.42 bits per heavy atom. The van der Waals surface area contributed by atoms with Gasteiger partial charge >= 0.3 is 0 Å². The zero-order chi connectivity index (χ0) is 14.5. The van der Waals surface area contributed by atoms with Gasteiger partial charge in [-0.25, -0.2) is 0 Å². The van der Waals surface area contributed by atoms with Gasteiger partial charge in [0.25, 0.3) is 0 Å². The third kappa shape index (κ3) is 4.05. The normalized spacial score (nSPS) is 12.3. The lowest BCUT2D eigenvalue weighted by Gasteiger charge is -2.27.